The molecule has 1 N–H and O–H groups in total. The molecule has 1 aliphatic heterocycles. The van der Waals surface area contributed by atoms with Crippen LogP contribution in [-0.2, 0) is 24.6 Å². The van der Waals surface area contributed by atoms with E-state index >= 15 is 0 Å². The van der Waals surface area contributed by atoms with Crippen molar-refractivity contribution in [2.24, 2.45) is 7.05 Å². The summed E-state index contributed by atoms with van der Waals surface area (Å²) in [6.07, 6.45) is 7.39. The van der Waals surface area contributed by atoms with Crippen LogP contribution in [0, 0.1) is 0 Å². The fourth-order valence-electron chi connectivity index (χ4n) is 3.99. The number of aromatic nitrogens is 6. The summed E-state index contributed by atoms with van der Waals surface area (Å²) in [4.78, 5) is 21.3. The van der Waals surface area contributed by atoms with E-state index in [2.05, 4.69) is 25.5 Å². The van der Waals surface area contributed by atoms with Crippen LogP contribution in [0.1, 0.15) is 30.1 Å². The number of anilines is 1. The molecule has 3 aromatic heterocycles. The highest BCUT2D eigenvalue weighted by Gasteiger charge is 2.33. The molecular weight excluding hydrogens is 346 g/mol. The third kappa shape index (κ3) is 2.78. The Morgan fingerprint density at radius 2 is 2.11 bits per heavy atom. The average molecular weight is 367 g/mol. The normalized spacial score (nSPS) is 22.1. The molecular formula is C18H21N7O2. The van der Waals surface area contributed by atoms with Crippen molar-refractivity contribution in [2.45, 2.75) is 37.8 Å². The summed E-state index contributed by atoms with van der Waals surface area (Å²) in [6.45, 7) is 0.937. The molecule has 2 unspecified atom stereocenters. The van der Waals surface area contributed by atoms with Gasteiger partial charge in [-0.05, 0) is 31.2 Å². The van der Waals surface area contributed by atoms with E-state index in [1.807, 2.05) is 7.05 Å². The van der Waals surface area contributed by atoms with Gasteiger partial charge in [-0.15, -0.1) is 0 Å². The number of ether oxygens (including phenoxy) is 1. The molecule has 2 atom stereocenters. The topological polar surface area (TPSA) is 99.8 Å². The summed E-state index contributed by atoms with van der Waals surface area (Å²) in [5, 5.41) is 13.2. The second kappa shape index (κ2) is 6.41. The number of hydrogen-bond acceptors (Lipinski definition) is 7. The standard InChI is InChI=1S/C18H21N7O2/c1-24-18-12(7-21-24)17(19-10-20-18)22-14-8-27-9-15(14)25-16(26)6-11-4-2-3-5-13(11)23-25/h6-7,10,14-15H,2-5,8-9H2,1H3,(H,19,20,22). The van der Waals surface area contributed by atoms with Crippen LogP contribution in [0.25, 0.3) is 11.0 Å². The molecule has 2 aliphatic rings. The van der Waals surface area contributed by atoms with E-state index in [1.54, 1.807) is 21.6 Å². The molecule has 3 aromatic rings. The maximum atomic E-state index is 12.7. The quantitative estimate of drug-likeness (QED) is 0.732. The van der Waals surface area contributed by atoms with E-state index in [0.717, 1.165) is 48.0 Å². The lowest BCUT2D eigenvalue weighted by molar-refractivity contribution is 0.182. The summed E-state index contributed by atoms with van der Waals surface area (Å²) < 4.78 is 8.99. The first-order valence-corrected chi connectivity index (χ1v) is 9.29. The van der Waals surface area contributed by atoms with Crippen LogP contribution in [0.5, 0.6) is 0 Å². The minimum absolute atomic E-state index is 0.0628. The Bertz CT molecular complexity index is 1060. The fourth-order valence-corrected chi connectivity index (χ4v) is 3.99. The van der Waals surface area contributed by atoms with Crippen molar-refractivity contribution in [3.8, 4) is 0 Å². The molecule has 140 valence electrons. The zero-order chi connectivity index (χ0) is 18.4. The molecule has 1 saturated heterocycles. The molecule has 0 amide bonds. The average Bonchev–Trinajstić information content (AvgIpc) is 3.29. The van der Waals surface area contributed by atoms with Gasteiger partial charge in [0.15, 0.2) is 5.65 Å². The van der Waals surface area contributed by atoms with E-state index in [-0.39, 0.29) is 17.6 Å². The summed E-state index contributed by atoms with van der Waals surface area (Å²) in [7, 11) is 1.84. The van der Waals surface area contributed by atoms with Gasteiger partial charge in [-0.3, -0.25) is 9.48 Å². The molecule has 0 spiro atoms. The molecule has 0 bridgehead atoms. The molecule has 9 nitrogen and oxygen atoms in total. The molecule has 0 saturated carbocycles. The van der Waals surface area contributed by atoms with Crippen LogP contribution in [0.4, 0.5) is 5.82 Å². The number of nitrogens with zero attached hydrogens (tertiary/aromatic N) is 6. The Kier molecular flexibility index (Phi) is 3.89. The number of aryl methyl sites for hydroxylation is 3. The highest BCUT2D eigenvalue weighted by Crippen LogP contribution is 2.26. The molecule has 0 aromatic carbocycles. The van der Waals surface area contributed by atoms with E-state index in [0.29, 0.717) is 19.0 Å². The third-order valence-electron chi connectivity index (χ3n) is 5.45. The first kappa shape index (κ1) is 16.4. The van der Waals surface area contributed by atoms with Crippen molar-refractivity contribution in [2.75, 3.05) is 18.5 Å². The Morgan fingerprint density at radius 3 is 3.04 bits per heavy atom. The van der Waals surface area contributed by atoms with Crippen LogP contribution in [0.2, 0.25) is 0 Å². The Labute approximate surface area is 155 Å². The highest BCUT2D eigenvalue weighted by molar-refractivity contribution is 5.86. The lowest BCUT2D eigenvalue weighted by Gasteiger charge is -2.23. The number of rotatable bonds is 3. The summed E-state index contributed by atoms with van der Waals surface area (Å²) in [5.41, 5.74) is 2.83. The molecule has 9 heteroatoms. The van der Waals surface area contributed by atoms with E-state index in [1.165, 1.54) is 6.33 Å². The largest absolute Gasteiger partial charge is 0.377 e. The van der Waals surface area contributed by atoms with Crippen LogP contribution >= 0.6 is 0 Å². The molecule has 1 fully saturated rings. The van der Waals surface area contributed by atoms with Gasteiger partial charge in [0.25, 0.3) is 5.56 Å². The maximum Gasteiger partial charge on any atom is 0.267 e. The van der Waals surface area contributed by atoms with Gasteiger partial charge in [-0.25, -0.2) is 14.6 Å². The second-order valence-corrected chi connectivity index (χ2v) is 7.19. The summed E-state index contributed by atoms with van der Waals surface area (Å²) in [5.74, 6) is 0.694. The minimum Gasteiger partial charge on any atom is -0.377 e. The first-order chi connectivity index (χ1) is 13.2. The van der Waals surface area contributed by atoms with Crippen molar-refractivity contribution in [3.05, 3.63) is 40.2 Å². The minimum atomic E-state index is -0.175. The van der Waals surface area contributed by atoms with Gasteiger partial charge in [0.2, 0.25) is 0 Å². The highest BCUT2D eigenvalue weighted by atomic mass is 16.5. The Morgan fingerprint density at radius 1 is 1.22 bits per heavy atom. The van der Waals surface area contributed by atoms with Crippen LogP contribution in [-0.4, -0.2) is 48.8 Å². The van der Waals surface area contributed by atoms with E-state index in [9.17, 15) is 4.79 Å². The van der Waals surface area contributed by atoms with Gasteiger partial charge >= 0.3 is 0 Å². The van der Waals surface area contributed by atoms with Gasteiger partial charge in [0.05, 0.1) is 36.5 Å². The van der Waals surface area contributed by atoms with Crippen LogP contribution < -0.4 is 10.9 Å². The SMILES string of the molecule is Cn1ncc2c(NC3COCC3n3nc4c(cc3=O)CCCC4)ncnc21. The van der Waals surface area contributed by atoms with Gasteiger partial charge in [-0.2, -0.15) is 10.2 Å². The predicted octanol–water partition coefficient (Wildman–Crippen LogP) is 0.851. The van der Waals surface area contributed by atoms with Gasteiger partial charge in [0, 0.05) is 13.1 Å². The Balaban J connectivity index is 1.48. The lowest BCUT2D eigenvalue weighted by Crippen LogP contribution is -2.38. The molecule has 4 heterocycles. The molecule has 5 rings (SSSR count). The summed E-state index contributed by atoms with van der Waals surface area (Å²) in [6, 6.07) is 1.47. The molecule has 0 radical (unpaired) electrons. The smallest absolute Gasteiger partial charge is 0.267 e. The van der Waals surface area contributed by atoms with Gasteiger partial charge in [-0.1, -0.05) is 0 Å². The van der Waals surface area contributed by atoms with Crippen molar-refractivity contribution < 1.29 is 4.74 Å². The maximum absolute atomic E-state index is 12.7. The Hall–Kier alpha value is -2.81. The molecule has 1 aliphatic carbocycles. The second-order valence-electron chi connectivity index (χ2n) is 7.19. The van der Waals surface area contributed by atoms with E-state index in [4.69, 9.17) is 4.74 Å². The fraction of sp³-hybridized carbons (Fsp3) is 0.500. The first-order valence-electron chi connectivity index (χ1n) is 9.29. The monoisotopic (exact) mass is 367 g/mol. The lowest BCUT2D eigenvalue weighted by atomic mass is 9.97. The van der Waals surface area contributed by atoms with Gasteiger partial charge in [0.1, 0.15) is 18.2 Å². The van der Waals surface area contributed by atoms with Gasteiger partial charge < -0.3 is 10.1 Å². The van der Waals surface area contributed by atoms with Crippen LogP contribution in [0.15, 0.2) is 23.4 Å². The summed E-state index contributed by atoms with van der Waals surface area (Å²) >= 11 is 0. The zero-order valence-corrected chi connectivity index (χ0v) is 15.1. The predicted molar refractivity (Wildman–Crippen MR) is 98.7 cm³/mol. The van der Waals surface area contributed by atoms with Crippen molar-refractivity contribution >= 4 is 16.9 Å². The van der Waals surface area contributed by atoms with E-state index < -0.39 is 0 Å². The number of fused-ring (bicyclic) bond motifs is 2. The number of hydrogen-bond donors (Lipinski definition) is 1. The van der Waals surface area contributed by atoms with Crippen molar-refractivity contribution in [1.82, 2.24) is 29.5 Å². The van der Waals surface area contributed by atoms with Crippen molar-refractivity contribution in [1.29, 1.82) is 0 Å². The molecule has 27 heavy (non-hydrogen) atoms. The van der Waals surface area contributed by atoms with Crippen molar-refractivity contribution in [3.63, 3.8) is 0 Å². The number of nitrogens with one attached hydrogen (secondary N) is 1. The zero-order valence-electron chi connectivity index (χ0n) is 15.1. The van der Waals surface area contributed by atoms with Crippen LogP contribution in [0.3, 0.4) is 0 Å². The third-order valence-corrected chi connectivity index (χ3v) is 5.45.